The Bertz CT molecular complexity index is 916. The Morgan fingerprint density at radius 1 is 0.711 bits per heavy atom. The molecule has 2 fully saturated rings. The van der Waals surface area contributed by atoms with Crippen LogP contribution in [0.4, 0.5) is 0 Å². The van der Waals surface area contributed by atoms with Crippen molar-refractivity contribution in [1.29, 1.82) is 0 Å². The quantitative estimate of drug-likeness (QED) is 0.130. The lowest BCUT2D eigenvalue weighted by atomic mass is 9.75. The summed E-state index contributed by atoms with van der Waals surface area (Å²) in [6, 6.07) is -0.787. The molecule has 0 bridgehead atoms. The van der Waals surface area contributed by atoms with Gasteiger partial charge in [0.05, 0.1) is 39.0 Å². The maximum Gasteiger partial charge on any atom is 0.328 e. The van der Waals surface area contributed by atoms with Gasteiger partial charge in [0.25, 0.3) is 8.53 Å². The van der Waals surface area contributed by atoms with Gasteiger partial charge in [0, 0.05) is 0 Å². The van der Waals surface area contributed by atoms with E-state index in [0.29, 0.717) is 41.9 Å². The number of esters is 1. The molecule has 0 aromatic heterocycles. The molecule has 2 aliphatic rings. The van der Waals surface area contributed by atoms with Crippen LogP contribution in [-0.4, -0.2) is 68.7 Å². The van der Waals surface area contributed by atoms with E-state index < -0.39 is 32.4 Å². The topological polar surface area (TPSA) is 144 Å². The molecule has 0 aromatic rings. The molecule has 260 valence electrons. The van der Waals surface area contributed by atoms with Gasteiger partial charge in [0.2, 0.25) is 17.7 Å². The van der Waals surface area contributed by atoms with Crippen LogP contribution < -0.4 is 21.0 Å². The molecule has 0 saturated heterocycles. The first-order valence-corrected chi connectivity index (χ1v) is 18.1. The van der Waals surface area contributed by atoms with Gasteiger partial charge < -0.3 is 29.7 Å². The van der Waals surface area contributed by atoms with Crippen LogP contribution in [0.25, 0.3) is 0 Å². The fourth-order valence-corrected chi connectivity index (χ4v) is 7.96. The van der Waals surface area contributed by atoms with E-state index in [9.17, 15) is 19.2 Å². The number of hydrogen-bond acceptors (Lipinski definition) is 8. The van der Waals surface area contributed by atoms with Gasteiger partial charge in [-0.05, 0) is 73.5 Å². The summed E-state index contributed by atoms with van der Waals surface area (Å²) in [5, 5.41) is 10.9. The molecule has 3 amide bonds. The van der Waals surface area contributed by atoms with Gasteiger partial charge in [-0.1, -0.05) is 68.2 Å². The highest BCUT2D eigenvalue weighted by Gasteiger charge is 2.38. The molecule has 2 saturated carbocycles. The van der Waals surface area contributed by atoms with Gasteiger partial charge in [0.1, 0.15) is 6.04 Å². The average Bonchev–Trinajstić information content (AvgIpc) is 2.96. The Kier molecular flexibility index (Phi) is 17.3. The van der Waals surface area contributed by atoms with Crippen LogP contribution >= 0.6 is 8.53 Å². The van der Waals surface area contributed by atoms with E-state index in [1.807, 2.05) is 13.8 Å². The van der Waals surface area contributed by atoms with E-state index in [1.54, 1.807) is 0 Å². The molecule has 0 aromatic carbocycles. The van der Waals surface area contributed by atoms with E-state index in [4.69, 9.17) is 13.8 Å². The SMILES string of the molecule is COC(=O)[C@H](CC(C)C)NC(=O)CNC(=O)CNC(=O)CNP(O[C@@H]1C[C@H](C)CC[C@H]1C(C)C)O[C@@H]1C[C@H](C)CC[C@H]1C(C)C. The smallest absolute Gasteiger partial charge is 0.328 e. The predicted octanol–water partition coefficient (Wildman–Crippen LogP) is 4.69. The van der Waals surface area contributed by atoms with Crippen molar-refractivity contribution in [1.82, 2.24) is 21.0 Å². The number of carbonyl (C=O) groups excluding carboxylic acids is 4. The van der Waals surface area contributed by atoms with Crippen LogP contribution in [0.15, 0.2) is 0 Å². The summed E-state index contributed by atoms with van der Waals surface area (Å²) < 4.78 is 18.2. The Balaban J connectivity index is 1.94. The van der Waals surface area contributed by atoms with Crippen LogP contribution in [0, 0.1) is 41.4 Å². The molecule has 0 spiro atoms. The van der Waals surface area contributed by atoms with Crippen molar-refractivity contribution in [3.05, 3.63) is 0 Å². The number of ether oxygens (including phenoxy) is 1. The maximum absolute atomic E-state index is 12.8. The zero-order valence-corrected chi connectivity index (χ0v) is 30.0. The highest BCUT2D eigenvalue weighted by Crippen LogP contribution is 2.48. The highest BCUT2D eigenvalue weighted by molar-refractivity contribution is 7.45. The Morgan fingerprint density at radius 3 is 1.62 bits per heavy atom. The zero-order chi connectivity index (χ0) is 33.7. The average molecular weight is 657 g/mol. The third-order valence-electron chi connectivity index (χ3n) is 9.17. The normalized spacial score (nSPS) is 26.2. The van der Waals surface area contributed by atoms with Crippen LogP contribution in [0.2, 0.25) is 0 Å². The molecule has 2 rings (SSSR count). The second-order valence-corrected chi connectivity index (χ2v) is 15.6. The fourth-order valence-electron chi connectivity index (χ4n) is 6.51. The molecule has 0 radical (unpaired) electrons. The minimum Gasteiger partial charge on any atom is -0.467 e. The summed E-state index contributed by atoms with van der Waals surface area (Å²) >= 11 is 0. The van der Waals surface area contributed by atoms with E-state index >= 15 is 0 Å². The molecule has 7 atom stereocenters. The minimum absolute atomic E-state index is 0.0568. The summed E-state index contributed by atoms with van der Waals surface area (Å²) in [7, 11) is -0.281. The number of methoxy groups -OCH3 is 1. The van der Waals surface area contributed by atoms with E-state index in [2.05, 4.69) is 62.6 Å². The van der Waals surface area contributed by atoms with Crippen molar-refractivity contribution >= 4 is 32.2 Å². The first kappa shape index (κ1) is 39.4. The second-order valence-electron chi connectivity index (χ2n) is 14.4. The zero-order valence-electron chi connectivity index (χ0n) is 29.1. The van der Waals surface area contributed by atoms with Crippen molar-refractivity contribution < 1.29 is 33.0 Å². The number of hydrogen-bond donors (Lipinski definition) is 4. The van der Waals surface area contributed by atoms with Gasteiger partial charge in [-0.3, -0.25) is 14.4 Å². The molecule has 45 heavy (non-hydrogen) atoms. The lowest BCUT2D eigenvalue weighted by Crippen LogP contribution is -2.48. The third kappa shape index (κ3) is 14.2. The third-order valence-corrected chi connectivity index (χ3v) is 10.5. The summed E-state index contributed by atoms with van der Waals surface area (Å²) in [6.45, 7) is 16.7. The van der Waals surface area contributed by atoms with Crippen LogP contribution in [0.5, 0.6) is 0 Å². The molecule has 11 nitrogen and oxygen atoms in total. The minimum atomic E-state index is -1.55. The molecule has 0 unspecified atom stereocenters. The molecule has 0 aliphatic heterocycles. The largest absolute Gasteiger partial charge is 0.467 e. The van der Waals surface area contributed by atoms with Crippen molar-refractivity contribution in [2.24, 2.45) is 41.4 Å². The van der Waals surface area contributed by atoms with E-state index in [-0.39, 0.29) is 43.7 Å². The molecule has 4 N–H and O–H groups in total. The lowest BCUT2D eigenvalue weighted by Gasteiger charge is -2.41. The fraction of sp³-hybridized carbons (Fsp3) is 0.879. The summed E-state index contributed by atoms with van der Waals surface area (Å²) in [5.41, 5.74) is 0. The van der Waals surface area contributed by atoms with Gasteiger partial charge in [0.15, 0.2) is 0 Å². The summed E-state index contributed by atoms with van der Waals surface area (Å²) in [6.07, 6.45) is 7.11. The summed E-state index contributed by atoms with van der Waals surface area (Å²) in [5.74, 6) is 1.23. The van der Waals surface area contributed by atoms with E-state index in [0.717, 1.165) is 25.7 Å². The van der Waals surface area contributed by atoms with Crippen molar-refractivity contribution in [3.63, 3.8) is 0 Å². The molecule has 2 aliphatic carbocycles. The number of amides is 3. The number of rotatable bonds is 17. The second kappa shape index (κ2) is 19.8. The highest BCUT2D eigenvalue weighted by atomic mass is 31.2. The van der Waals surface area contributed by atoms with Crippen LogP contribution in [-0.2, 0) is 33.0 Å². The van der Waals surface area contributed by atoms with Gasteiger partial charge in [-0.2, -0.15) is 0 Å². The molecule has 12 heteroatoms. The Morgan fingerprint density at radius 2 is 1.18 bits per heavy atom. The predicted molar refractivity (Wildman–Crippen MR) is 177 cm³/mol. The molecular weight excluding hydrogens is 595 g/mol. The lowest BCUT2D eigenvalue weighted by molar-refractivity contribution is -0.145. The van der Waals surface area contributed by atoms with Crippen molar-refractivity contribution in [2.75, 3.05) is 26.7 Å². The Labute approximate surface area is 272 Å². The van der Waals surface area contributed by atoms with Crippen LogP contribution in [0.3, 0.4) is 0 Å². The Hall–Kier alpha value is -1.81. The van der Waals surface area contributed by atoms with Crippen LogP contribution in [0.1, 0.15) is 100 Å². The monoisotopic (exact) mass is 656 g/mol. The first-order chi connectivity index (χ1) is 21.2. The van der Waals surface area contributed by atoms with E-state index in [1.165, 1.54) is 20.0 Å². The van der Waals surface area contributed by atoms with Gasteiger partial charge >= 0.3 is 5.97 Å². The standard InChI is InChI=1S/C33H61N4O7P/c1-20(2)14-27(33(41)42-9)37-32(40)18-35-30(38)17-34-31(39)19-36-45(43-28-15-23(7)10-12-25(28)21(3)4)44-29-16-24(8)11-13-26(29)22(5)6/h20-29,36H,10-19H2,1-9H3,(H,34,39)(H,35,38)(H,37,40)/t23-,24-,25+,26+,27+,28-,29-/m1/s1. The van der Waals surface area contributed by atoms with Gasteiger partial charge in [-0.25, -0.2) is 9.88 Å². The first-order valence-electron chi connectivity index (χ1n) is 17.0. The number of nitrogens with one attached hydrogen (secondary N) is 4. The number of carbonyl (C=O) groups is 4. The summed E-state index contributed by atoms with van der Waals surface area (Å²) in [4.78, 5) is 49.4. The molecular formula is C33H61N4O7P. The maximum atomic E-state index is 12.8. The molecule has 0 heterocycles. The van der Waals surface area contributed by atoms with Crippen molar-refractivity contribution in [2.45, 2.75) is 119 Å². The van der Waals surface area contributed by atoms with Gasteiger partial charge in [-0.15, -0.1) is 0 Å². The van der Waals surface area contributed by atoms with Crippen molar-refractivity contribution in [3.8, 4) is 0 Å².